The van der Waals surface area contributed by atoms with E-state index >= 15 is 0 Å². The third-order valence-corrected chi connectivity index (χ3v) is 5.07. The van der Waals surface area contributed by atoms with E-state index in [1.54, 1.807) is 0 Å². The molecule has 3 aromatic carbocycles. The van der Waals surface area contributed by atoms with Crippen LogP contribution >= 0.6 is 0 Å². The predicted molar refractivity (Wildman–Crippen MR) is 109 cm³/mol. The van der Waals surface area contributed by atoms with Crippen molar-refractivity contribution in [3.05, 3.63) is 77.4 Å². The molecule has 0 amide bonds. The van der Waals surface area contributed by atoms with Gasteiger partial charge in [0.1, 0.15) is 0 Å². The summed E-state index contributed by atoms with van der Waals surface area (Å²) in [5, 5.41) is 2.66. The van der Waals surface area contributed by atoms with E-state index in [0.717, 1.165) is 0 Å². The van der Waals surface area contributed by atoms with Crippen molar-refractivity contribution in [2.24, 2.45) is 0 Å². The fraction of sp³-hybridized carbons (Fsp3) is 0.250. The molecule has 0 aliphatic heterocycles. The molecule has 0 unspecified atom stereocenters. The van der Waals surface area contributed by atoms with Gasteiger partial charge < -0.3 is 4.57 Å². The lowest BCUT2D eigenvalue weighted by Gasteiger charge is -2.19. The molecule has 0 radical (unpaired) electrons. The second kappa shape index (κ2) is 5.49. The van der Waals surface area contributed by atoms with Crippen molar-refractivity contribution >= 4 is 21.8 Å². The minimum atomic E-state index is 0.174. The molecule has 0 bridgehead atoms. The van der Waals surface area contributed by atoms with Crippen LogP contribution < -0.4 is 0 Å². The van der Waals surface area contributed by atoms with Crippen molar-refractivity contribution in [2.45, 2.75) is 40.0 Å². The molecule has 1 heterocycles. The number of rotatable bonds is 1. The van der Waals surface area contributed by atoms with Crippen LogP contribution in [0.5, 0.6) is 0 Å². The van der Waals surface area contributed by atoms with Crippen molar-refractivity contribution in [3.8, 4) is 5.69 Å². The highest BCUT2D eigenvalue weighted by atomic mass is 15.0. The summed E-state index contributed by atoms with van der Waals surface area (Å²) in [5.41, 5.74) is 7.91. The number of hydrogen-bond donors (Lipinski definition) is 0. The molecule has 25 heavy (non-hydrogen) atoms. The van der Waals surface area contributed by atoms with Crippen LogP contribution in [0.4, 0.5) is 0 Å². The highest BCUT2D eigenvalue weighted by Crippen LogP contribution is 2.34. The Labute approximate surface area is 149 Å². The maximum atomic E-state index is 2.38. The average Bonchev–Trinajstić information content (AvgIpc) is 2.87. The first-order valence-electron chi connectivity index (χ1n) is 8.97. The monoisotopic (exact) mass is 327 g/mol. The van der Waals surface area contributed by atoms with E-state index < -0.39 is 0 Å². The Kier molecular flexibility index (Phi) is 3.50. The Morgan fingerprint density at radius 2 is 1.12 bits per heavy atom. The Bertz CT molecular complexity index is 1010. The first kappa shape index (κ1) is 16.0. The molecular formula is C24H25N. The SMILES string of the molecule is Cc1ccc2c(c1)c1cc(C)ccc1n2-c1ccc(C(C)(C)C)cc1. The molecule has 0 saturated carbocycles. The maximum Gasteiger partial charge on any atom is 0.0541 e. The third kappa shape index (κ3) is 2.64. The normalized spacial score (nSPS) is 12.2. The quantitative estimate of drug-likeness (QED) is 0.366. The molecule has 1 nitrogen and oxygen atoms in total. The smallest absolute Gasteiger partial charge is 0.0541 e. The Morgan fingerprint density at radius 1 is 0.640 bits per heavy atom. The lowest BCUT2D eigenvalue weighted by atomic mass is 9.87. The maximum absolute atomic E-state index is 2.38. The standard InChI is InChI=1S/C24H25N/c1-16-6-12-22-20(14-16)21-15-17(2)7-13-23(21)25(22)19-10-8-18(9-11-19)24(3,4)5/h6-15H,1-5H3. The fourth-order valence-corrected chi connectivity index (χ4v) is 3.64. The average molecular weight is 327 g/mol. The third-order valence-electron chi connectivity index (χ3n) is 5.07. The largest absolute Gasteiger partial charge is 0.309 e. The zero-order valence-corrected chi connectivity index (χ0v) is 15.7. The van der Waals surface area contributed by atoms with Crippen molar-refractivity contribution < 1.29 is 0 Å². The minimum Gasteiger partial charge on any atom is -0.309 e. The van der Waals surface area contributed by atoms with E-state index in [-0.39, 0.29) is 5.41 Å². The van der Waals surface area contributed by atoms with Gasteiger partial charge in [0.25, 0.3) is 0 Å². The van der Waals surface area contributed by atoms with Gasteiger partial charge in [-0.15, -0.1) is 0 Å². The topological polar surface area (TPSA) is 4.93 Å². The highest BCUT2D eigenvalue weighted by Gasteiger charge is 2.15. The van der Waals surface area contributed by atoms with E-state index in [0.29, 0.717) is 0 Å². The number of nitrogens with zero attached hydrogens (tertiary/aromatic N) is 1. The minimum absolute atomic E-state index is 0.174. The van der Waals surface area contributed by atoms with Gasteiger partial charge in [-0.25, -0.2) is 0 Å². The molecular weight excluding hydrogens is 302 g/mol. The van der Waals surface area contributed by atoms with Gasteiger partial charge in [-0.05, 0) is 61.2 Å². The van der Waals surface area contributed by atoms with Gasteiger partial charge in [0.2, 0.25) is 0 Å². The second-order valence-electron chi connectivity index (χ2n) is 8.17. The molecule has 126 valence electrons. The Hall–Kier alpha value is -2.54. The molecule has 0 saturated heterocycles. The molecule has 0 aliphatic rings. The van der Waals surface area contributed by atoms with Crippen LogP contribution in [-0.2, 0) is 5.41 Å². The van der Waals surface area contributed by atoms with Gasteiger partial charge in [0, 0.05) is 16.5 Å². The summed E-state index contributed by atoms with van der Waals surface area (Å²) in [4.78, 5) is 0. The van der Waals surface area contributed by atoms with Crippen LogP contribution in [0, 0.1) is 13.8 Å². The van der Waals surface area contributed by atoms with Gasteiger partial charge in [0.15, 0.2) is 0 Å². The predicted octanol–water partition coefficient (Wildman–Crippen LogP) is 6.70. The summed E-state index contributed by atoms with van der Waals surface area (Å²) in [6, 6.07) is 22.5. The molecule has 0 fully saturated rings. The van der Waals surface area contributed by atoms with Crippen LogP contribution in [0.3, 0.4) is 0 Å². The van der Waals surface area contributed by atoms with E-state index in [4.69, 9.17) is 0 Å². The summed E-state index contributed by atoms with van der Waals surface area (Å²) in [5.74, 6) is 0. The fourth-order valence-electron chi connectivity index (χ4n) is 3.64. The van der Waals surface area contributed by atoms with Crippen LogP contribution in [0.2, 0.25) is 0 Å². The van der Waals surface area contributed by atoms with Crippen LogP contribution in [0.15, 0.2) is 60.7 Å². The van der Waals surface area contributed by atoms with Crippen molar-refractivity contribution in [1.82, 2.24) is 4.57 Å². The van der Waals surface area contributed by atoms with Gasteiger partial charge in [-0.1, -0.05) is 56.2 Å². The number of aryl methyl sites for hydroxylation is 2. The first-order valence-corrected chi connectivity index (χ1v) is 8.97. The van der Waals surface area contributed by atoms with Gasteiger partial charge >= 0.3 is 0 Å². The number of hydrogen-bond acceptors (Lipinski definition) is 0. The molecule has 1 heteroatoms. The summed E-state index contributed by atoms with van der Waals surface area (Å²) in [7, 11) is 0. The van der Waals surface area contributed by atoms with E-state index in [9.17, 15) is 0 Å². The second-order valence-corrected chi connectivity index (χ2v) is 8.17. The molecule has 4 rings (SSSR count). The van der Waals surface area contributed by atoms with E-state index in [1.165, 1.54) is 44.2 Å². The van der Waals surface area contributed by atoms with E-state index in [2.05, 4.69) is 99.8 Å². The lowest BCUT2D eigenvalue weighted by molar-refractivity contribution is 0.590. The van der Waals surface area contributed by atoms with Crippen molar-refractivity contribution in [1.29, 1.82) is 0 Å². The zero-order valence-electron chi connectivity index (χ0n) is 15.7. The summed E-state index contributed by atoms with van der Waals surface area (Å²) < 4.78 is 2.38. The molecule has 4 aromatic rings. The van der Waals surface area contributed by atoms with Crippen LogP contribution in [0.1, 0.15) is 37.5 Å². The first-order chi connectivity index (χ1) is 11.8. The molecule has 0 atom stereocenters. The summed E-state index contributed by atoms with van der Waals surface area (Å²) >= 11 is 0. The molecule has 1 aromatic heterocycles. The Balaban J connectivity index is 2.03. The number of fused-ring (bicyclic) bond motifs is 3. The molecule has 0 spiro atoms. The van der Waals surface area contributed by atoms with Gasteiger partial charge in [-0.2, -0.15) is 0 Å². The summed E-state index contributed by atoms with van der Waals surface area (Å²) in [6.07, 6.45) is 0. The van der Waals surface area contributed by atoms with Gasteiger partial charge in [-0.3, -0.25) is 0 Å². The van der Waals surface area contributed by atoms with Crippen LogP contribution in [0.25, 0.3) is 27.5 Å². The number of benzene rings is 3. The lowest BCUT2D eigenvalue weighted by Crippen LogP contribution is -2.10. The number of aromatic nitrogens is 1. The highest BCUT2D eigenvalue weighted by molar-refractivity contribution is 6.09. The van der Waals surface area contributed by atoms with E-state index in [1.807, 2.05) is 0 Å². The molecule has 0 N–H and O–H groups in total. The Morgan fingerprint density at radius 3 is 1.56 bits per heavy atom. The van der Waals surface area contributed by atoms with Crippen molar-refractivity contribution in [2.75, 3.05) is 0 Å². The van der Waals surface area contributed by atoms with Crippen molar-refractivity contribution in [3.63, 3.8) is 0 Å². The van der Waals surface area contributed by atoms with Crippen LogP contribution in [-0.4, -0.2) is 4.57 Å². The summed E-state index contributed by atoms with van der Waals surface area (Å²) in [6.45, 7) is 11.1. The molecule has 0 aliphatic carbocycles. The van der Waals surface area contributed by atoms with Gasteiger partial charge in [0.05, 0.1) is 11.0 Å². The zero-order chi connectivity index (χ0) is 17.8.